The van der Waals surface area contributed by atoms with Crippen molar-refractivity contribution in [1.29, 1.82) is 0 Å². The topological polar surface area (TPSA) is 26.3 Å². The first-order valence-electron chi connectivity index (χ1n) is 4.37. The number of carbonyl (C=O) groups excluding carboxylic acids is 1. The van der Waals surface area contributed by atoms with E-state index in [1.54, 1.807) is 0 Å². The van der Waals surface area contributed by atoms with Crippen molar-refractivity contribution in [2.45, 2.75) is 32.3 Å². The molecule has 12 heavy (non-hydrogen) atoms. The molecule has 2 unspecified atom stereocenters. The summed E-state index contributed by atoms with van der Waals surface area (Å²) in [5, 5.41) is 0. The van der Waals surface area contributed by atoms with Crippen LogP contribution in [0, 0.1) is 18.3 Å². The SMILES string of the molecule is C#CCC(=O)C1CCOC1CC. The number of ether oxygens (including phenoxy) is 1. The normalized spacial score (nSPS) is 28.3. The van der Waals surface area contributed by atoms with Gasteiger partial charge in [0.1, 0.15) is 5.78 Å². The van der Waals surface area contributed by atoms with Crippen LogP contribution in [0.5, 0.6) is 0 Å². The van der Waals surface area contributed by atoms with E-state index in [0.717, 1.165) is 12.8 Å². The number of rotatable bonds is 3. The molecule has 1 aliphatic rings. The number of ketones is 1. The molecule has 1 heterocycles. The molecule has 0 aromatic heterocycles. The maximum Gasteiger partial charge on any atom is 0.150 e. The highest BCUT2D eigenvalue weighted by atomic mass is 16.5. The fourth-order valence-electron chi connectivity index (χ4n) is 1.65. The molecule has 0 N–H and O–H groups in total. The van der Waals surface area contributed by atoms with Crippen LogP contribution in [0.25, 0.3) is 0 Å². The highest BCUT2D eigenvalue weighted by Gasteiger charge is 2.31. The number of terminal acetylenes is 1. The summed E-state index contributed by atoms with van der Waals surface area (Å²) in [6, 6.07) is 0. The van der Waals surface area contributed by atoms with Crippen LogP contribution in [0.15, 0.2) is 0 Å². The highest BCUT2D eigenvalue weighted by Crippen LogP contribution is 2.24. The number of Topliss-reactive ketones (excluding diaryl/α,β-unsaturated/α-hetero) is 1. The molecule has 2 nitrogen and oxygen atoms in total. The van der Waals surface area contributed by atoms with Crippen molar-refractivity contribution in [3.8, 4) is 12.3 Å². The third-order valence-electron chi connectivity index (χ3n) is 2.30. The fraction of sp³-hybridized carbons (Fsp3) is 0.700. The average molecular weight is 166 g/mol. The second-order valence-corrected chi connectivity index (χ2v) is 3.06. The zero-order chi connectivity index (χ0) is 8.97. The molecule has 2 atom stereocenters. The molecule has 2 heteroatoms. The minimum absolute atomic E-state index is 0.0612. The first kappa shape index (κ1) is 9.28. The summed E-state index contributed by atoms with van der Waals surface area (Å²) in [6.07, 6.45) is 7.19. The minimum Gasteiger partial charge on any atom is -0.377 e. The Bertz CT molecular complexity index is 202. The lowest BCUT2D eigenvalue weighted by molar-refractivity contribution is -0.123. The van der Waals surface area contributed by atoms with E-state index in [0.29, 0.717) is 6.61 Å². The molecule has 0 saturated carbocycles. The monoisotopic (exact) mass is 166 g/mol. The standard InChI is InChI=1S/C10H14O2/c1-3-5-9(11)8-6-7-12-10(8)4-2/h1,8,10H,4-7H2,2H3. The summed E-state index contributed by atoms with van der Waals surface area (Å²) in [5.74, 6) is 2.61. The van der Waals surface area contributed by atoms with E-state index >= 15 is 0 Å². The number of hydrogen-bond acceptors (Lipinski definition) is 2. The number of carbonyl (C=O) groups is 1. The van der Waals surface area contributed by atoms with Crippen LogP contribution in [0.4, 0.5) is 0 Å². The minimum atomic E-state index is 0.0612. The maximum absolute atomic E-state index is 11.4. The largest absolute Gasteiger partial charge is 0.377 e. The third-order valence-corrected chi connectivity index (χ3v) is 2.30. The van der Waals surface area contributed by atoms with E-state index in [-0.39, 0.29) is 24.2 Å². The Morgan fingerprint density at radius 2 is 2.50 bits per heavy atom. The Kier molecular flexibility index (Phi) is 3.31. The molecule has 1 rings (SSSR count). The van der Waals surface area contributed by atoms with Gasteiger partial charge in [0.2, 0.25) is 0 Å². The van der Waals surface area contributed by atoms with Crippen LogP contribution in [-0.2, 0) is 9.53 Å². The molecule has 0 aliphatic carbocycles. The van der Waals surface area contributed by atoms with Gasteiger partial charge in [-0.05, 0) is 12.8 Å². The van der Waals surface area contributed by atoms with Crippen molar-refractivity contribution in [2.75, 3.05) is 6.61 Å². The summed E-state index contributed by atoms with van der Waals surface area (Å²) >= 11 is 0. The molecule has 1 saturated heterocycles. The smallest absolute Gasteiger partial charge is 0.150 e. The molecular weight excluding hydrogens is 152 g/mol. The van der Waals surface area contributed by atoms with E-state index in [9.17, 15) is 4.79 Å². The molecule has 0 spiro atoms. The van der Waals surface area contributed by atoms with Gasteiger partial charge in [-0.25, -0.2) is 0 Å². The molecule has 1 aliphatic heterocycles. The Balaban J connectivity index is 2.50. The van der Waals surface area contributed by atoms with E-state index in [2.05, 4.69) is 5.92 Å². The first-order valence-corrected chi connectivity index (χ1v) is 4.37. The van der Waals surface area contributed by atoms with Gasteiger partial charge in [0.05, 0.1) is 12.5 Å². The quantitative estimate of drug-likeness (QED) is 0.592. The Hall–Kier alpha value is -0.810. The lowest BCUT2D eigenvalue weighted by Gasteiger charge is -2.13. The van der Waals surface area contributed by atoms with Gasteiger partial charge in [0.25, 0.3) is 0 Å². The zero-order valence-electron chi connectivity index (χ0n) is 7.38. The molecule has 66 valence electrons. The predicted octanol–water partition coefficient (Wildman–Crippen LogP) is 1.39. The second-order valence-electron chi connectivity index (χ2n) is 3.06. The van der Waals surface area contributed by atoms with Crippen molar-refractivity contribution in [2.24, 2.45) is 5.92 Å². The molecule has 0 aromatic carbocycles. The summed E-state index contributed by atoms with van der Waals surface area (Å²) < 4.78 is 5.39. The van der Waals surface area contributed by atoms with Crippen LogP contribution < -0.4 is 0 Å². The Morgan fingerprint density at radius 1 is 1.75 bits per heavy atom. The highest BCUT2D eigenvalue weighted by molar-refractivity contribution is 5.83. The lowest BCUT2D eigenvalue weighted by Crippen LogP contribution is -2.23. The van der Waals surface area contributed by atoms with Crippen molar-refractivity contribution >= 4 is 5.78 Å². The van der Waals surface area contributed by atoms with Crippen LogP contribution >= 0.6 is 0 Å². The number of hydrogen-bond donors (Lipinski definition) is 0. The van der Waals surface area contributed by atoms with E-state index in [1.807, 2.05) is 6.92 Å². The van der Waals surface area contributed by atoms with Crippen LogP contribution in [-0.4, -0.2) is 18.5 Å². The predicted molar refractivity (Wildman–Crippen MR) is 46.6 cm³/mol. The summed E-state index contributed by atoms with van der Waals surface area (Å²) in [6.45, 7) is 2.74. The van der Waals surface area contributed by atoms with E-state index in [4.69, 9.17) is 11.2 Å². The molecule has 1 fully saturated rings. The lowest BCUT2D eigenvalue weighted by atomic mass is 9.93. The van der Waals surface area contributed by atoms with E-state index < -0.39 is 0 Å². The maximum atomic E-state index is 11.4. The summed E-state index contributed by atoms with van der Waals surface area (Å²) in [5.41, 5.74) is 0. The van der Waals surface area contributed by atoms with Crippen LogP contribution in [0.2, 0.25) is 0 Å². The molecule has 0 bridgehead atoms. The molecule has 0 amide bonds. The van der Waals surface area contributed by atoms with Gasteiger partial charge in [0, 0.05) is 12.5 Å². The van der Waals surface area contributed by atoms with Gasteiger partial charge in [-0.1, -0.05) is 12.8 Å². The van der Waals surface area contributed by atoms with Gasteiger partial charge < -0.3 is 4.74 Å². The van der Waals surface area contributed by atoms with Gasteiger partial charge in [-0.3, -0.25) is 4.79 Å². The first-order chi connectivity index (χ1) is 5.79. The van der Waals surface area contributed by atoms with Crippen LogP contribution in [0.1, 0.15) is 26.2 Å². The van der Waals surface area contributed by atoms with Crippen molar-refractivity contribution in [3.63, 3.8) is 0 Å². The molecular formula is C10H14O2. The van der Waals surface area contributed by atoms with Gasteiger partial charge in [-0.15, -0.1) is 6.42 Å². The van der Waals surface area contributed by atoms with Gasteiger partial charge >= 0.3 is 0 Å². The fourth-order valence-corrected chi connectivity index (χ4v) is 1.65. The molecule has 0 aromatic rings. The molecule has 0 radical (unpaired) electrons. The zero-order valence-corrected chi connectivity index (χ0v) is 7.38. The summed E-state index contributed by atoms with van der Waals surface area (Å²) in [4.78, 5) is 11.4. The van der Waals surface area contributed by atoms with Crippen molar-refractivity contribution in [1.82, 2.24) is 0 Å². The van der Waals surface area contributed by atoms with E-state index in [1.165, 1.54) is 0 Å². The van der Waals surface area contributed by atoms with Gasteiger partial charge in [0.15, 0.2) is 0 Å². The van der Waals surface area contributed by atoms with Crippen LogP contribution in [0.3, 0.4) is 0 Å². The second kappa shape index (κ2) is 4.27. The van der Waals surface area contributed by atoms with Crippen molar-refractivity contribution < 1.29 is 9.53 Å². The third kappa shape index (κ3) is 1.86. The summed E-state index contributed by atoms with van der Waals surface area (Å²) in [7, 11) is 0. The average Bonchev–Trinajstić information content (AvgIpc) is 2.51. The van der Waals surface area contributed by atoms with Gasteiger partial charge in [-0.2, -0.15) is 0 Å². The Labute approximate surface area is 73.3 Å². The Morgan fingerprint density at radius 3 is 3.08 bits per heavy atom. The van der Waals surface area contributed by atoms with Crippen molar-refractivity contribution in [3.05, 3.63) is 0 Å².